The van der Waals surface area contributed by atoms with Crippen LogP contribution in [0.3, 0.4) is 0 Å². The van der Waals surface area contributed by atoms with Gasteiger partial charge in [-0.3, -0.25) is 4.99 Å². The molecule has 0 atom stereocenters. The molecule has 1 saturated carbocycles. The van der Waals surface area contributed by atoms with E-state index in [4.69, 9.17) is 4.74 Å². The maximum Gasteiger partial charge on any atom is 0.191 e. The largest absolute Gasteiger partial charge is 0.378 e. The molecule has 5 nitrogen and oxygen atoms in total. The van der Waals surface area contributed by atoms with Crippen molar-refractivity contribution in [3.05, 3.63) is 16.1 Å². The van der Waals surface area contributed by atoms with Crippen molar-refractivity contribution in [2.24, 2.45) is 4.99 Å². The van der Waals surface area contributed by atoms with Crippen LogP contribution >= 0.6 is 11.3 Å². The van der Waals surface area contributed by atoms with Crippen molar-refractivity contribution in [2.75, 3.05) is 26.2 Å². The lowest BCUT2D eigenvalue weighted by atomic mass is 10.3. The van der Waals surface area contributed by atoms with Gasteiger partial charge in [0, 0.05) is 43.7 Å². The second-order valence-electron chi connectivity index (χ2n) is 6.14. The third kappa shape index (κ3) is 7.18. The maximum atomic E-state index is 5.88. The zero-order chi connectivity index (χ0) is 17.0. The molecule has 1 fully saturated rings. The normalized spacial score (nSPS) is 15.8. The van der Waals surface area contributed by atoms with Gasteiger partial charge in [0.25, 0.3) is 0 Å². The predicted molar refractivity (Wildman–Crippen MR) is 102 cm³/mol. The molecule has 0 saturated heterocycles. The molecule has 0 amide bonds. The van der Waals surface area contributed by atoms with Gasteiger partial charge in [0.1, 0.15) is 0 Å². The predicted octanol–water partition coefficient (Wildman–Crippen LogP) is 3.15. The fourth-order valence-electron chi connectivity index (χ4n) is 2.82. The Morgan fingerprint density at radius 1 is 1.33 bits per heavy atom. The Kier molecular flexibility index (Phi) is 9.13. The van der Waals surface area contributed by atoms with E-state index in [1.807, 2.05) is 6.20 Å². The number of guanidine groups is 1. The van der Waals surface area contributed by atoms with Gasteiger partial charge in [-0.1, -0.05) is 19.8 Å². The number of hydrogen-bond donors (Lipinski definition) is 2. The summed E-state index contributed by atoms with van der Waals surface area (Å²) >= 11 is 1.81. The van der Waals surface area contributed by atoms with Gasteiger partial charge in [-0.05, 0) is 32.6 Å². The topological polar surface area (TPSA) is 58.5 Å². The molecule has 1 aromatic heterocycles. The highest BCUT2D eigenvalue weighted by molar-refractivity contribution is 7.11. The monoisotopic (exact) mass is 352 g/mol. The smallest absolute Gasteiger partial charge is 0.191 e. The van der Waals surface area contributed by atoms with E-state index in [1.165, 1.54) is 35.6 Å². The van der Waals surface area contributed by atoms with E-state index in [2.05, 4.69) is 34.5 Å². The fraction of sp³-hybridized carbons (Fsp3) is 0.778. The average Bonchev–Trinajstić information content (AvgIpc) is 3.26. The average molecular weight is 353 g/mol. The van der Waals surface area contributed by atoms with Crippen molar-refractivity contribution in [1.82, 2.24) is 15.6 Å². The van der Waals surface area contributed by atoms with Gasteiger partial charge < -0.3 is 15.4 Å². The van der Waals surface area contributed by atoms with Crippen LogP contribution < -0.4 is 10.6 Å². The molecular formula is C18H32N4OS. The van der Waals surface area contributed by atoms with Crippen LogP contribution in [0.15, 0.2) is 11.2 Å². The second kappa shape index (κ2) is 11.4. The molecule has 1 heterocycles. The molecule has 1 aliphatic rings. The number of nitrogens with zero attached hydrogens (tertiary/aromatic N) is 2. The Morgan fingerprint density at radius 3 is 2.88 bits per heavy atom. The molecule has 0 unspecified atom stereocenters. The lowest BCUT2D eigenvalue weighted by molar-refractivity contribution is 0.0579. The van der Waals surface area contributed by atoms with Crippen molar-refractivity contribution in [2.45, 2.75) is 64.9 Å². The number of aromatic nitrogens is 1. The summed E-state index contributed by atoms with van der Waals surface area (Å²) in [6, 6.07) is 0. The molecule has 0 spiro atoms. The Labute approximate surface area is 150 Å². The minimum absolute atomic E-state index is 0.506. The number of aliphatic imine (C=N–C) groups is 1. The number of aryl methyl sites for hydroxylation is 1. The van der Waals surface area contributed by atoms with Crippen LogP contribution in [-0.4, -0.2) is 43.3 Å². The van der Waals surface area contributed by atoms with Gasteiger partial charge >= 0.3 is 0 Å². The third-order valence-corrected chi connectivity index (χ3v) is 5.35. The lowest BCUT2D eigenvalue weighted by Gasteiger charge is -2.12. The summed E-state index contributed by atoms with van der Waals surface area (Å²) < 4.78 is 5.88. The quantitative estimate of drug-likeness (QED) is 0.386. The van der Waals surface area contributed by atoms with Gasteiger partial charge in [-0.2, -0.15) is 0 Å². The molecule has 24 heavy (non-hydrogen) atoms. The zero-order valence-corrected chi connectivity index (χ0v) is 16.0. The van der Waals surface area contributed by atoms with Gasteiger partial charge in [-0.15, -0.1) is 11.3 Å². The second-order valence-corrected chi connectivity index (χ2v) is 7.34. The first-order valence-corrected chi connectivity index (χ1v) is 10.2. The molecule has 0 aromatic carbocycles. The molecule has 6 heteroatoms. The number of rotatable bonds is 10. The summed E-state index contributed by atoms with van der Waals surface area (Å²) in [6.07, 6.45) is 10.6. The molecule has 0 aliphatic heterocycles. The van der Waals surface area contributed by atoms with Crippen molar-refractivity contribution >= 4 is 17.3 Å². The van der Waals surface area contributed by atoms with E-state index < -0.39 is 0 Å². The van der Waals surface area contributed by atoms with E-state index >= 15 is 0 Å². The fourth-order valence-corrected chi connectivity index (χ4v) is 3.68. The van der Waals surface area contributed by atoms with E-state index in [0.717, 1.165) is 51.5 Å². The Balaban J connectivity index is 1.62. The van der Waals surface area contributed by atoms with Crippen LogP contribution in [0.5, 0.6) is 0 Å². The number of hydrogen-bond acceptors (Lipinski definition) is 4. The zero-order valence-electron chi connectivity index (χ0n) is 15.1. The number of nitrogens with one attached hydrogen (secondary N) is 2. The van der Waals surface area contributed by atoms with Crippen molar-refractivity contribution in [3.8, 4) is 0 Å². The van der Waals surface area contributed by atoms with E-state index in [-0.39, 0.29) is 0 Å². The van der Waals surface area contributed by atoms with Crippen LogP contribution in [0, 0.1) is 0 Å². The van der Waals surface area contributed by atoms with Crippen molar-refractivity contribution < 1.29 is 4.74 Å². The van der Waals surface area contributed by atoms with Crippen LogP contribution in [0.25, 0.3) is 0 Å². The summed E-state index contributed by atoms with van der Waals surface area (Å²) in [6.45, 7) is 7.63. The molecule has 136 valence electrons. The highest BCUT2D eigenvalue weighted by atomic mass is 32.1. The lowest BCUT2D eigenvalue weighted by Crippen LogP contribution is -2.38. The van der Waals surface area contributed by atoms with Crippen molar-refractivity contribution in [1.29, 1.82) is 0 Å². The van der Waals surface area contributed by atoms with Crippen LogP contribution in [-0.2, 0) is 17.6 Å². The number of thiazole rings is 1. The SMILES string of the molecule is CCNC(=NCCCOC1CCCC1)NCCc1ncc(CC)s1. The van der Waals surface area contributed by atoms with Gasteiger partial charge in [0.05, 0.1) is 11.1 Å². The first-order chi connectivity index (χ1) is 11.8. The molecule has 1 aliphatic carbocycles. The molecular weight excluding hydrogens is 320 g/mol. The van der Waals surface area contributed by atoms with Crippen LogP contribution in [0.2, 0.25) is 0 Å². The standard InChI is InChI=1S/C18H32N4OS/c1-3-16-14-22-17(24-16)10-12-21-18(19-4-2)20-11-7-13-23-15-8-5-6-9-15/h14-15H,3-13H2,1-2H3,(H2,19,20,21). The molecule has 2 rings (SSSR count). The first-order valence-electron chi connectivity index (χ1n) is 9.39. The van der Waals surface area contributed by atoms with Gasteiger partial charge in [0.15, 0.2) is 5.96 Å². The molecule has 0 bridgehead atoms. The summed E-state index contributed by atoms with van der Waals surface area (Å²) in [7, 11) is 0. The first kappa shape index (κ1) is 19.2. The summed E-state index contributed by atoms with van der Waals surface area (Å²) in [5.41, 5.74) is 0. The van der Waals surface area contributed by atoms with Gasteiger partial charge in [-0.25, -0.2) is 4.98 Å². The third-order valence-electron chi connectivity index (χ3n) is 4.15. The van der Waals surface area contributed by atoms with Gasteiger partial charge in [0.2, 0.25) is 0 Å². The Morgan fingerprint density at radius 2 is 2.17 bits per heavy atom. The van der Waals surface area contributed by atoms with E-state index in [1.54, 1.807) is 11.3 Å². The number of ether oxygens (including phenoxy) is 1. The molecule has 2 N–H and O–H groups in total. The maximum absolute atomic E-state index is 5.88. The van der Waals surface area contributed by atoms with Crippen LogP contribution in [0.1, 0.15) is 55.8 Å². The summed E-state index contributed by atoms with van der Waals surface area (Å²) in [5.74, 6) is 0.894. The van der Waals surface area contributed by atoms with E-state index in [9.17, 15) is 0 Å². The summed E-state index contributed by atoms with van der Waals surface area (Å²) in [4.78, 5) is 10.4. The van der Waals surface area contributed by atoms with Crippen molar-refractivity contribution in [3.63, 3.8) is 0 Å². The Hall–Kier alpha value is -1.14. The minimum atomic E-state index is 0.506. The molecule has 1 aromatic rings. The highest BCUT2D eigenvalue weighted by Gasteiger charge is 2.14. The highest BCUT2D eigenvalue weighted by Crippen LogP contribution is 2.20. The minimum Gasteiger partial charge on any atom is -0.378 e. The van der Waals surface area contributed by atoms with E-state index in [0.29, 0.717) is 6.10 Å². The summed E-state index contributed by atoms with van der Waals surface area (Å²) in [5, 5.41) is 7.89. The van der Waals surface area contributed by atoms with Crippen LogP contribution in [0.4, 0.5) is 0 Å². The Bertz CT molecular complexity index is 483. The molecule has 0 radical (unpaired) electrons.